The molecular weight excluding hydrogens is 367 g/mol. The van der Waals surface area contributed by atoms with Gasteiger partial charge < -0.3 is 10.6 Å². The lowest BCUT2D eigenvalue weighted by Crippen LogP contribution is -2.38. The van der Waals surface area contributed by atoms with Gasteiger partial charge in [0.15, 0.2) is 0 Å². The van der Waals surface area contributed by atoms with Crippen LogP contribution in [0.1, 0.15) is 11.1 Å². The van der Waals surface area contributed by atoms with Crippen molar-refractivity contribution in [3.8, 4) is 0 Å². The lowest BCUT2D eigenvalue weighted by atomic mass is 10.1. The molecule has 9 heteroatoms. The summed E-state index contributed by atoms with van der Waals surface area (Å²) in [6.07, 6.45) is 1.17. The van der Waals surface area contributed by atoms with Crippen LogP contribution in [0.4, 0.5) is 5.69 Å². The Balaban J connectivity index is 1.93. The third kappa shape index (κ3) is 4.80. The number of nitrogens with zero attached hydrogens (tertiary/aromatic N) is 2. The van der Waals surface area contributed by atoms with Gasteiger partial charge in [-0.3, -0.25) is 14.4 Å². The van der Waals surface area contributed by atoms with Crippen molar-refractivity contribution < 1.29 is 9.59 Å². The molecule has 7 nitrogen and oxygen atoms in total. The van der Waals surface area contributed by atoms with Crippen LogP contribution in [0.15, 0.2) is 29.2 Å². The predicted octanol–water partition coefficient (Wildman–Crippen LogP) is 1.92. The molecule has 1 aromatic heterocycles. The van der Waals surface area contributed by atoms with E-state index in [0.29, 0.717) is 5.69 Å². The molecule has 2 rings (SSSR count). The van der Waals surface area contributed by atoms with Crippen LogP contribution >= 0.6 is 23.2 Å². The standard InChI is InChI=1S/C16H16Cl2N4O3/c1-9-4-3-5-10(2)15(9)21-12(23)7-19-13(24)8-22-16(25)14(18)11(17)6-20-22/h3-6H,7-8H2,1-2H3,(H,19,24)(H,21,23). The summed E-state index contributed by atoms with van der Waals surface area (Å²) in [5.74, 6) is -0.926. The zero-order chi connectivity index (χ0) is 18.6. The molecule has 0 bridgehead atoms. The predicted molar refractivity (Wildman–Crippen MR) is 96.1 cm³/mol. The minimum absolute atomic E-state index is 0.0105. The molecule has 0 aliphatic rings. The average Bonchev–Trinajstić information content (AvgIpc) is 2.57. The number of para-hydroxylation sites is 1. The Kier molecular flexibility index (Phi) is 6.17. The molecule has 2 aromatic rings. The van der Waals surface area contributed by atoms with Gasteiger partial charge in [-0.05, 0) is 25.0 Å². The van der Waals surface area contributed by atoms with E-state index in [1.54, 1.807) is 0 Å². The van der Waals surface area contributed by atoms with Crippen molar-refractivity contribution in [2.45, 2.75) is 20.4 Å². The quantitative estimate of drug-likeness (QED) is 0.825. The van der Waals surface area contributed by atoms with Crippen molar-refractivity contribution in [2.75, 3.05) is 11.9 Å². The summed E-state index contributed by atoms with van der Waals surface area (Å²) in [5.41, 5.74) is 1.88. The van der Waals surface area contributed by atoms with Gasteiger partial charge in [-0.25, -0.2) is 4.68 Å². The topological polar surface area (TPSA) is 93.1 Å². The Morgan fingerprint density at radius 2 is 1.80 bits per heavy atom. The number of carbonyl (C=O) groups excluding carboxylic acids is 2. The summed E-state index contributed by atoms with van der Waals surface area (Å²) in [6.45, 7) is 3.15. The maximum Gasteiger partial charge on any atom is 0.287 e. The van der Waals surface area contributed by atoms with E-state index in [4.69, 9.17) is 23.2 Å². The molecule has 132 valence electrons. The fraction of sp³-hybridized carbons (Fsp3) is 0.250. The second-order valence-corrected chi connectivity index (χ2v) is 6.15. The van der Waals surface area contributed by atoms with Crippen molar-refractivity contribution in [1.82, 2.24) is 15.1 Å². The van der Waals surface area contributed by atoms with Crippen LogP contribution in [0, 0.1) is 13.8 Å². The highest BCUT2D eigenvalue weighted by molar-refractivity contribution is 6.41. The summed E-state index contributed by atoms with van der Waals surface area (Å²) in [6, 6.07) is 5.65. The molecule has 0 unspecified atom stereocenters. The fourth-order valence-electron chi connectivity index (χ4n) is 2.12. The number of hydrogen-bond donors (Lipinski definition) is 2. The fourth-order valence-corrected chi connectivity index (χ4v) is 2.39. The Morgan fingerprint density at radius 3 is 2.44 bits per heavy atom. The Bertz CT molecular complexity index is 860. The minimum Gasteiger partial charge on any atom is -0.345 e. The van der Waals surface area contributed by atoms with E-state index in [1.807, 2.05) is 32.0 Å². The van der Waals surface area contributed by atoms with Gasteiger partial charge in [0.1, 0.15) is 11.6 Å². The van der Waals surface area contributed by atoms with Gasteiger partial charge in [0.05, 0.1) is 17.8 Å². The molecule has 0 saturated heterocycles. The van der Waals surface area contributed by atoms with Gasteiger partial charge in [0.2, 0.25) is 11.8 Å². The van der Waals surface area contributed by atoms with Crippen molar-refractivity contribution >= 4 is 40.7 Å². The molecule has 0 fully saturated rings. The molecule has 0 radical (unpaired) electrons. The van der Waals surface area contributed by atoms with Crippen LogP contribution < -0.4 is 16.2 Å². The molecule has 0 aliphatic carbocycles. The van der Waals surface area contributed by atoms with Gasteiger partial charge in [-0.1, -0.05) is 41.4 Å². The lowest BCUT2D eigenvalue weighted by molar-refractivity contribution is -0.124. The van der Waals surface area contributed by atoms with E-state index in [0.717, 1.165) is 15.8 Å². The molecule has 1 aromatic carbocycles. The Morgan fingerprint density at radius 1 is 1.16 bits per heavy atom. The maximum absolute atomic E-state index is 12.0. The van der Waals surface area contributed by atoms with Gasteiger partial charge in [0, 0.05) is 5.69 Å². The first kappa shape index (κ1) is 19.0. The number of hydrogen-bond acceptors (Lipinski definition) is 4. The second-order valence-electron chi connectivity index (χ2n) is 5.36. The zero-order valence-electron chi connectivity index (χ0n) is 13.6. The smallest absolute Gasteiger partial charge is 0.287 e. The third-order valence-corrected chi connectivity index (χ3v) is 4.18. The van der Waals surface area contributed by atoms with Crippen LogP contribution in [0.5, 0.6) is 0 Å². The molecule has 0 atom stereocenters. The van der Waals surface area contributed by atoms with E-state index >= 15 is 0 Å². The van der Waals surface area contributed by atoms with Crippen molar-refractivity contribution in [1.29, 1.82) is 0 Å². The van der Waals surface area contributed by atoms with Crippen molar-refractivity contribution in [2.24, 2.45) is 0 Å². The largest absolute Gasteiger partial charge is 0.345 e. The number of carbonyl (C=O) groups is 2. The third-order valence-electron chi connectivity index (χ3n) is 3.43. The van der Waals surface area contributed by atoms with Crippen LogP contribution in [0.3, 0.4) is 0 Å². The molecule has 2 N–H and O–H groups in total. The van der Waals surface area contributed by atoms with E-state index < -0.39 is 11.5 Å². The maximum atomic E-state index is 12.0. The van der Waals surface area contributed by atoms with Gasteiger partial charge in [0.25, 0.3) is 5.56 Å². The second kappa shape index (κ2) is 8.13. The molecule has 2 amide bonds. The first-order valence-corrected chi connectivity index (χ1v) is 8.09. The molecule has 1 heterocycles. The summed E-state index contributed by atoms with van der Waals surface area (Å²) < 4.78 is 0.868. The molecule has 0 spiro atoms. The number of benzene rings is 1. The number of amides is 2. The summed E-state index contributed by atoms with van der Waals surface area (Å²) in [5, 5.41) is 8.70. The average molecular weight is 383 g/mol. The molecule has 25 heavy (non-hydrogen) atoms. The van der Waals surface area contributed by atoms with Crippen LogP contribution in [-0.2, 0) is 16.1 Å². The molecular formula is C16H16Cl2N4O3. The number of aromatic nitrogens is 2. The van der Waals surface area contributed by atoms with Gasteiger partial charge in [-0.2, -0.15) is 5.10 Å². The number of nitrogens with one attached hydrogen (secondary N) is 2. The molecule has 0 saturated carbocycles. The summed E-state index contributed by atoms with van der Waals surface area (Å²) >= 11 is 11.4. The first-order valence-electron chi connectivity index (χ1n) is 7.33. The highest BCUT2D eigenvalue weighted by Crippen LogP contribution is 2.19. The van der Waals surface area contributed by atoms with Crippen LogP contribution in [0.25, 0.3) is 0 Å². The number of halogens is 2. The summed E-state index contributed by atoms with van der Waals surface area (Å²) in [4.78, 5) is 35.7. The van der Waals surface area contributed by atoms with E-state index in [-0.39, 0.29) is 29.0 Å². The van der Waals surface area contributed by atoms with E-state index in [9.17, 15) is 14.4 Å². The minimum atomic E-state index is -0.677. The summed E-state index contributed by atoms with van der Waals surface area (Å²) in [7, 11) is 0. The molecule has 0 aliphatic heterocycles. The van der Waals surface area contributed by atoms with Gasteiger partial charge in [-0.15, -0.1) is 0 Å². The number of rotatable bonds is 5. The van der Waals surface area contributed by atoms with Crippen LogP contribution in [-0.4, -0.2) is 28.1 Å². The highest BCUT2D eigenvalue weighted by Gasteiger charge is 2.12. The van der Waals surface area contributed by atoms with E-state index in [1.165, 1.54) is 6.20 Å². The highest BCUT2D eigenvalue weighted by atomic mass is 35.5. The van der Waals surface area contributed by atoms with E-state index in [2.05, 4.69) is 15.7 Å². The monoisotopic (exact) mass is 382 g/mol. The zero-order valence-corrected chi connectivity index (χ0v) is 15.1. The van der Waals surface area contributed by atoms with Gasteiger partial charge >= 0.3 is 0 Å². The van der Waals surface area contributed by atoms with Crippen molar-refractivity contribution in [3.63, 3.8) is 0 Å². The lowest BCUT2D eigenvalue weighted by Gasteiger charge is -2.12. The normalized spacial score (nSPS) is 10.4. The number of aryl methyl sites for hydroxylation is 2. The SMILES string of the molecule is Cc1cccc(C)c1NC(=O)CNC(=O)Cn1ncc(Cl)c(Cl)c1=O. The Labute approximate surface area is 153 Å². The number of anilines is 1. The first-order chi connectivity index (χ1) is 11.8. The Hall–Kier alpha value is -2.38. The van der Waals surface area contributed by atoms with Crippen molar-refractivity contribution in [3.05, 3.63) is 55.9 Å². The van der Waals surface area contributed by atoms with Crippen LogP contribution in [0.2, 0.25) is 10.0 Å².